The molecule has 2 N–H and O–H groups in total. The Balaban J connectivity index is 2.55. The number of hydrogen-bond acceptors (Lipinski definition) is 6. The summed E-state index contributed by atoms with van der Waals surface area (Å²) < 4.78 is 21.3. The molecule has 8 nitrogen and oxygen atoms in total. The molecule has 0 radical (unpaired) electrons. The standard InChI is InChI=1S/C17H23NO7S/c1-17(2,3)25-16(22)18-13(15(20)21)9-14(19)24-10-11-5-7-12(8-6-11)26(4)23/h5-8,13H,9-10H2,1-4H3,(H,18,22)(H,20,21)/t13-,26?/m0/s1. The number of rotatable bonds is 7. The molecule has 0 aromatic heterocycles. The number of amides is 1. The number of nitrogens with one attached hydrogen (secondary N) is 1. The van der Waals surface area contributed by atoms with Crippen LogP contribution in [0.15, 0.2) is 29.2 Å². The quantitative estimate of drug-likeness (QED) is 0.687. The number of carboxylic acid groups (broad SMARTS) is 1. The van der Waals surface area contributed by atoms with Crippen LogP contribution in [-0.4, -0.2) is 45.2 Å². The molecule has 0 aliphatic heterocycles. The van der Waals surface area contributed by atoms with Crippen LogP contribution >= 0.6 is 0 Å². The van der Waals surface area contributed by atoms with Gasteiger partial charge in [-0.1, -0.05) is 12.1 Å². The largest absolute Gasteiger partial charge is 0.480 e. The van der Waals surface area contributed by atoms with Crippen LogP contribution in [0.4, 0.5) is 4.79 Å². The van der Waals surface area contributed by atoms with Gasteiger partial charge in [-0.05, 0) is 38.5 Å². The number of carbonyl (C=O) groups excluding carboxylic acids is 2. The Labute approximate surface area is 154 Å². The number of ether oxygens (including phenoxy) is 2. The van der Waals surface area contributed by atoms with Gasteiger partial charge in [-0.15, -0.1) is 0 Å². The summed E-state index contributed by atoms with van der Waals surface area (Å²) in [6.45, 7) is 4.84. The van der Waals surface area contributed by atoms with Crippen molar-refractivity contribution < 1.29 is 33.2 Å². The molecular formula is C17H23NO7S. The summed E-state index contributed by atoms with van der Waals surface area (Å²) in [6, 6.07) is 5.18. The molecule has 1 amide bonds. The molecule has 26 heavy (non-hydrogen) atoms. The summed E-state index contributed by atoms with van der Waals surface area (Å²) in [6.07, 6.45) is 0.0885. The third kappa shape index (κ3) is 8.11. The summed E-state index contributed by atoms with van der Waals surface area (Å²) in [5.74, 6) is -2.15. The first-order chi connectivity index (χ1) is 12.0. The lowest BCUT2D eigenvalue weighted by atomic mass is 10.2. The summed E-state index contributed by atoms with van der Waals surface area (Å²) in [5.41, 5.74) is -0.123. The van der Waals surface area contributed by atoms with E-state index < -0.39 is 46.9 Å². The molecule has 1 rings (SSSR count). The molecule has 1 unspecified atom stereocenters. The van der Waals surface area contributed by atoms with Crippen molar-refractivity contribution in [1.82, 2.24) is 5.32 Å². The van der Waals surface area contributed by atoms with E-state index in [-0.39, 0.29) is 6.61 Å². The van der Waals surface area contributed by atoms with Crippen LogP contribution in [0, 0.1) is 0 Å². The molecule has 0 fully saturated rings. The molecule has 144 valence electrons. The first-order valence-electron chi connectivity index (χ1n) is 7.78. The van der Waals surface area contributed by atoms with E-state index in [1.165, 1.54) is 0 Å². The number of aliphatic carboxylic acids is 1. The maximum absolute atomic E-state index is 11.8. The number of carboxylic acids is 1. The Morgan fingerprint density at radius 2 is 1.77 bits per heavy atom. The highest BCUT2D eigenvalue weighted by molar-refractivity contribution is 7.84. The van der Waals surface area contributed by atoms with Gasteiger partial charge in [-0.25, -0.2) is 9.59 Å². The van der Waals surface area contributed by atoms with E-state index in [4.69, 9.17) is 14.6 Å². The molecule has 0 heterocycles. The first-order valence-corrected chi connectivity index (χ1v) is 9.34. The molecule has 0 saturated heterocycles. The van der Waals surface area contributed by atoms with Gasteiger partial charge < -0.3 is 19.9 Å². The maximum atomic E-state index is 11.8. The van der Waals surface area contributed by atoms with Gasteiger partial charge in [0.2, 0.25) is 0 Å². The molecule has 0 aliphatic carbocycles. The minimum atomic E-state index is -1.46. The lowest BCUT2D eigenvalue weighted by Gasteiger charge is -2.21. The fourth-order valence-electron chi connectivity index (χ4n) is 1.82. The van der Waals surface area contributed by atoms with Crippen molar-refractivity contribution in [3.63, 3.8) is 0 Å². The van der Waals surface area contributed by atoms with E-state index in [1.54, 1.807) is 51.3 Å². The topological polar surface area (TPSA) is 119 Å². The zero-order valence-electron chi connectivity index (χ0n) is 15.1. The highest BCUT2D eigenvalue weighted by atomic mass is 32.2. The van der Waals surface area contributed by atoms with Crippen molar-refractivity contribution >= 4 is 28.8 Å². The monoisotopic (exact) mass is 385 g/mol. The van der Waals surface area contributed by atoms with Gasteiger partial charge in [0.15, 0.2) is 0 Å². The smallest absolute Gasteiger partial charge is 0.408 e. The minimum Gasteiger partial charge on any atom is -0.480 e. The van der Waals surface area contributed by atoms with Crippen LogP contribution in [-0.2, 0) is 36.5 Å². The van der Waals surface area contributed by atoms with Crippen LogP contribution in [0.5, 0.6) is 0 Å². The number of hydrogen-bond donors (Lipinski definition) is 2. The van der Waals surface area contributed by atoms with Crippen LogP contribution < -0.4 is 5.32 Å². The summed E-state index contributed by atoms with van der Waals surface area (Å²) in [7, 11) is -1.10. The van der Waals surface area contributed by atoms with Gasteiger partial charge in [-0.3, -0.25) is 9.00 Å². The van der Waals surface area contributed by atoms with Gasteiger partial charge in [-0.2, -0.15) is 0 Å². The Morgan fingerprint density at radius 1 is 1.19 bits per heavy atom. The van der Waals surface area contributed by atoms with Crippen LogP contribution in [0.3, 0.4) is 0 Å². The second-order valence-electron chi connectivity index (χ2n) is 6.50. The molecule has 9 heteroatoms. The van der Waals surface area contributed by atoms with Crippen molar-refractivity contribution in [2.75, 3.05) is 6.26 Å². The van der Waals surface area contributed by atoms with Crippen molar-refractivity contribution in [3.05, 3.63) is 29.8 Å². The number of carbonyl (C=O) groups is 3. The molecule has 1 aromatic rings. The lowest BCUT2D eigenvalue weighted by Crippen LogP contribution is -2.44. The molecule has 1 aromatic carbocycles. The van der Waals surface area contributed by atoms with Gasteiger partial charge >= 0.3 is 18.0 Å². The zero-order chi connectivity index (χ0) is 19.9. The van der Waals surface area contributed by atoms with Gasteiger partial charge in [0.05, 0.1) is 6.42 Å². The number of benzene rings is 1. The van der Waals surface area contributed by atoms with E-state index in [9.17, 15) is 18.6 Å². The average Bonchev–Trinajstić information content (AvgIpc) is 2.50. The molecule has 2 atom stereocenters. The predicted octanol–water partition coefficient (Wildman–Crippen LogP) is 1.84. The second-order valence-corrected chi connectivity index (χ2v) is 7.88. The van der Waals surface area contributed by atoms with E-state index >= 15 is 0 Å². The van der Waals surface area contributed by atoms with Crippen LogP contribution in [0.2, 0.25) is 0 Å². The van der Waals surface area contributed by atoms with Gasteiger partial charge in [0.25, 0.3) is 0 Å². The van der Waals surface area contributed by atoms with Crippen molar-refractivity contribution in [1.29, 1.82) is 0 Å². The summed E-state index contributed by atoms with van der Waals surface area (Å²) in [4.78, 5) is 35.3. The maximum Gasteiger partial charge on any atom is 0.408 e. The van der Waals surface area contributed by atoms with Crippen molar-refractivity contribution in [2.24, 2.45) is 0 Å². The molecule has 0 saturated carbocycles. The Hall–Kier alpha value is -2.42. The normalized spacial score (nSPS) is 13.4. The molecular weight excluding hydrogens is 362 g/mol. The highest BCUT2D eigenvalue weighted by Gasteiger charge is 2.26. The van der Waals surface area contributed by atoms with E-state index in [0.717, 1.165) is 0 Å². The SMILES string of the molecule is CS(=O)c1ccc(COC(=O)C[C@H](NC(=O)OC(C)(C)C)C(=O)O)cc1. The Bertz CT molecular complexity index is 679. The fraction of sp³-hybridized carbons (Fsp3) is 0.471. The minimum absolute atomic E-state index is 0.0613. The average molecular weight is 385 g/mol. The van der Waals surface area contributed by atoms with Crippen LogP contribution in [0.1, 0.15) is 32.8 Å². The molecule has 0 spiro atoms. The first kappa shape index (κ1) is 21.6. The second kappa shape index (κ2) is 9.33. The van der Waals surface area contributed by atoms with Gasteiger partial charge in [0, 0.05) is 22.0 Å². The van der Waals surface area contributed by atoms with Crippen LogP contribution in [0.25, 0.3) is 0 Å². The number of alkyl carbamates (subject to hydrolysis) is 1. The highest BCUT2D eigenvalue weighted by Crippen LogP contribution is 2.10. The number of esters is 1. The lowest BCUT2D eigenvalue weighted by molar-refractivity contribution is -0.150. The van der Waals surface area contributed by atoms with E-state index in [2.05, 4.69) is 5.32 Å². The predicted molar refractivity (Wildman–Crippen MR) is 94.0 cm³/mol. The van der Waals surface area contributed by atoms with E-state index in [0.29, 0.717) is 10.5 Å². The van der Waals surface area contributed by atoms with E-state index in [1.807, 2.05) is 0 Å². The summed E-state index contributed by atoms with van der Waals surface area (Å²) >= 11 is 0. The molecule has 0 bridgehead atoms. The Kier molecular flexibility index (Phi) is 7.76. The van der Waals surface area contributed by atoms with Crippen molar-refractivity contribution in [3.8, 4) is 0 Å². The third-order valence-corrected chi connectivity index (χ3v) is 3.95. The Morgan fingerprint density at radius 3 is 2.23 bits per heavy atom. The fourth-order valence-corrected chi connectivity index (χ4v) is 2.34. The third-order valence-electron chi connectivity index (χ3n) is 3.01. The van der Waals surface area contributed by atoms with Gasteiger partial charge in [0.1, 0.15) is 18.2 Å². The van der Waals surface area contributed by atoms with Crippen molar-refractivity contribution in [2.45, 2.75) is 50.3 Å². The molecule has 0 aliphatic rings. The summed E-state index contributed by atoms with van der Waals surface area (Å²) in [5, 5.41) is 11.3. The zero-order valence-corrected chi connectivity index (χ0v) is 15.9.